The highest BCUT2D eigenvalue weighted by Gasteiger charge is 2.35. The summed E-state index contributed by atoms with van der Waals surface area (Å²) in [5.74, 6) is 0.127. The number of thiazole rings is 1. The van der Waals surface area contributed by atoms with Crippen LogP contribution in [0.3, 0.4) is 0 Å². The first kappa shape index (κ1) is 30.5. The minimum Gasteiger partial charge on any atom is -0.477 e. The fourth-order valence-electron chi connectivity index (χ4n) is 4.60. The maximum Gasteiger partial charge on any atom is 0.338 e. The first-order valence-electron chi connectivity index (χ1n) is 12.8. The second kappa shape index (κ2) is 13.6. The van der Waals surface area contributed by atoms with Crippen LogP contribution in [0.4, 0.5) is 0 Å². The number of fused-ring (bicyclic) bond motifs is 1. The van der Waals surface area contributed by atoms with E-state index in [2.05, 4.69) is 45.2 Å². The van der Waals surface area contributed by atoms with Crippen LogP contribution in [-0.2, 0) is 9.53 Å². The highest BCUT2D eigenvalue weighted by molar-refractivity contribution is 14.1. The molecule has 0 bridgehead atoms. The molecule has 0 unspecified atom stereocenters. The van der Waals surface area contributed by atoms with Gasteiger partial charge in [-0.15, -0.1) is 11.8 Å². The number of rotatable bonds is 8. The summed E-state index contributed by atoms with van der Waals surface area (Å²) < 4.78 is 14.9. The van der Waals surface area contributed by atoms with Gasteiger partial charge in [-0.3, -0.25) is 9.36 Å². The number of hydrogen-bond acceptors (Lipinski definition) is 8. The van der Waals surface area contributed by atoms with Gasteiger partial charge in [0.1, 0.15) is 11.8 Å². The topological polar surface area (TPSA) is 93.7 Å². The Morgan fingerprint density at radius 1 is 1.14 bits per heavy atom. The van der Waals surface area contributed by atoms with E-state index in [1.54, 1.807) is 23.3 Å². The Hall–Kier alpha value is -2.93. The monoisotopic (exact) mass is 819 g/mol. The van der Waals surface area contributed by atoms with Crippen LogP contribution in [0.25, 0.3) is 11.8 Å². The van der Waals surface area contributed by atoms with E-state index >= 15 is 0 Å². The second-order valence-electron chi connectivity index (χ2n) is 8.97. The number of nitrogens with zero attached hydrogens (tertiary/aromatic N) is 3. The lowest BCUT2D eigenvalue weighted by Crippen LogP contribution is -2.40. The van der Waals surface area contributed by atoms with Crippen molar-refractivity contribution in [3.63, 3.8) is 0 Å². The molecular formula is C31H23I2N3O4S2. The van der Waals surface area contributed by atoms with E-state index in [-0.39, 0.29) is 18.8 Å². The summed E-state index contributed by atoms with van der Waals surface area (Å²) in [6.45, 7) is 1.91. The van der Waals surface area contributed by atoms with Crippen molar-refractivity contribution >= 4 is 86.0 Å². The Kier molecular flexibility index (Phi) is 9.87. The number of thioether (sulfide) groups is 1. The van der Waals surface area contributed by atoms with Crippen molar-refractivity contribution < 1.29 is 14.3 Å². The molecule has 42 heavy (non-hydrogen) atoms. The zero-order valence-corrected chi connectivity index (χ0v) is 28.4. The number of halogens is 2. The van der Waals surface area contributed by atoms with Crippen molar-refractivity contribution in [3.8, 4) is 11.8 Å². The van der Waals surface area contributed by atoms with Gasteiger partial charge in [-0.2, -0.15) is 5.26 Å². The molecule has 4 aromatic rings. The Balaban J connectivity index is 1.76. The van der Waals surface area contributed by atoms with Gasteiger partial charge < -0.3 is 9.47 Å². The molecular weight excluding hydrogens is 796 g/mol. The summed E-state index contributed by atoms with van der Waals surface area (Å²) in [7, 11) is 0. The Labute approximate surface area is 277 Å². The van der Waals surface area contributed by atoms with Gasteiger partial charge in [-0.25, -0.2) is 9.79 Å². The van der Waals surface area contributed by atoms with Crippen molar-refractivity contribution in [2.24, 2.45) is 4.99 Å². The molecule has 2 heterocycles. The maximum absolute atomic E-state index is 14.1. The van der Waals surface area contributed by atoms with Crippen LogP contribution in [0.5, 0.6) is 5.75 Å². The normalized spacial score (nSPS) is 14.6. The van der Waals surface area contributed by atoms with E-state index in [1.807, 2.05) is 85.1 Å². The number of esters is 1. The number of benzene rings is 3. The summed E-state index contributed by atoms with van der Waals surface area (Å²) in [6, 6.07) is 22.5. The van der Waals surface area contributed by atoms with E-state index in [1.165, 1.54) is 11.3 Å². The number of nitriles is 1. The number of hydrogen-bond donors (Lipinski definition) is 0. The maximum atomic E-state index is 14.1. The van der Waals surface area contributed by atoms with E-state index < -0.39 is 12.0 Å². The third-order valence-electron chi connectivity index (χ3n) is 6.40. The molecule has 7 nitrogen and oxygen atoms in total. The van der Waals surface area contributed by atoms with Crippen LogP contribution in [0, 0.1) is 18.5 Å². The third kappa shape index (κ3) is 6.22. The lowest BCUT2D eigenvalue weighted by atomic mass is 9.93. The predicted molar refractivity (Wildman–Crippen MR) is 182 cm³/mol. The van der Waals surface area contributed by atoms with Crippen LogP contribution >= 0.6 is 68.3 Å². The van der Waals surface area contributed by atoms with E-state index in [9.17, 15) is 9.59 Å². The van der Waals surface area contributed by atoms with E-state index in [0.29, 0.717) is 26.4 Å². The average molecular weight is 819 g/mol. The molecule has 1 aliphatic rings. The number of ether oxygens (including phenoxy) is 2. The van der Waals surface area contributed by atoms with E-state index in [4.69, 9.17) is 19.7 Å². The van der Waals surface area contributed by atoms with E-state index in [0.717, 1.165) is 28.7 Å². The molecule has 0 fully saturated rings. The zero-order chi connectivity index (χ0) is 29.8. The lowest BCUT2D eigenvalue weighted by Gasteiger charge is -2.26. The quantitative estimate of drug-likeness (QED) is 0.128. The Morgan fingerprint density at radius 2 is 1.83 bits per heavy atom. The minimum absolute atomic E-state index is 0.0472. The molecule has 212 valence electrons. The molecule has 0 aliphatic carbocycles. The van der Waals surface area contributed by atoms with Crippen molar-refractivity contribution in [2.75, 3.05) is 19.5 Å². The molecule has 5 rings (SSSR count). The molecule has 1 atom stereocenters. The summed E-state index contributed by atoms with van der Waals surface area (Å²) in [5.41, 5.74) is 2.93. The van der Waals surface area contributed by atoms with Crippen LogP contribution < -0.4 is 19.6 Å². The van der Waals surface area contributed by atoms with Crippen LogP contribution in [0.2, 0.25) is 0 Å². The van der Waals surface area contributed by atoms with Gasteiger partial charge >= 0.3 is 5.97 Å². The fourth-order valence-corrected chi connectivity index (χ4v) is 8.14. The summed E-state index contributed by atoms with van der Waals surface area (Å²) in [4.78, 5) is 34.2. The summed E-state index contributed by atoms with van der Waals surface area (Å²) in [5, 5.41) is 8.91. The second-order valence-corrected chi connectivity index (χ2v) is 13.2. The van der Waals surface area contributed by atoms with Crippen LogP contribution in [-0.4, -0.2) is 30.0 Å². The summed E-state index contributed by atoms with van der Waals surface area (Å²) in [6.07, 6.45) is 3.83. The molecule has 3 aromatic carbocycles. The van der Waals surface area contributed by atoms with Gasteiger partial charge in [-0.1, -0.05) is 53.8 Å². The Morgan fingerprint density at radius 3 is 2.45 bits per heavy atom. The van der Waals surface area contributed by atoms with Crippen molar-refractivity contribution in [3.05, 3.63) is 116 Å². The SMILES string of the molecule is CCOC(=O)C1=C(c2ccccc2)N=c2s/c(=C\c3cc(I)c(OCC#N)c(I)c3)c(=O)n2[C@H]1c1ccc(SC)cc1. The first-order valence-corrected chi connectivity index (χ1v) is 17.0. The van der Waals surface area contributed by atoms with Gasteiger partial charge in [0.25, 0.3) is 5.56 Å². The largest absolute Gasteiger partial charge is 0.477 e. The van der Waals surface area contributed by atoms with Crippen LogP contribution in [0.1, 0.15) is 29.7 Å². The minimum atomic E-state index is -0.726. The Bertz CT molecular complexity index is 1890. The average Bonchev–Trinajstić information content (AvgIpc) is 3.30. The van der Waals surface area contributed by atoms with Gasteiger partial charge in [0, 0.05) is 10.5 Å². The van der Waals surface area contributed by atoms with Gasteiger partial charge in [0.05, 0.1) is 35.6 Å². The fraction of sp³-hybridized carbons (Fsp3) is 0.161. The van der Waals surface area contributed by atoms with Crippen molar-refractivity contribution in [2.45, 2.75) is 17.9 Å². The molecule has 0 amide bonds. The molecule has 0 saturated carbocycles. The molecule has 0 saturated heterocycles. The smallest absolute Gasteiger partial charge is 0.338 e. The molecule has 0 radical (unpaired) electrons. The molecule has 0 spiro atoms. The molecule has 1 aromatic heterocycles. The van der Waals surface area contributed by atoms with Gasteiger partial charge in [0.15, 0.2) is 11.4 Å². The molecule has 11 heteroatoms. The van der Waals surface area contributed by atoms with Crippen LogP contribution in [0.15, 0.2) is 87.0 Å². The van der Waals surface area contributed by atoms with Crippen molar-refractivity contribution in [1.82, 2.24) is 4.57 Å². The summed E-state index contributed by atoms with van der Waals surface area (Å²) >= 11 is 7.23. The standard InChI is InChI=1S/C31H23I2N3O4S2/c1-3-39-30(38)25-26(19-7-5-4-6-8-19)35-31-36(27(25)20-9-11-21(41-2)12-10-20)29(37)24(42-31)17-18-15-22(32)28(23(33)16-18)40-14-13-34/h4-12,15-17,27H,3,14H2,1-2H3/b24-17-/t27-/m0/s1. The molecule has 1 aliphatic heterocycles. The van der Waals surface area contributed by atoms with Gasteiger partial charge in [0.2, 0.25) is 0 Å². The first-order chi connectivity index (χ1) is 20.4. The highest BCUT2D eigenvalue weighted by atomic mass is 127. The third-order valence-corrected chi connectivity index (χ3v) is 9.73. The number of carbonyl (C=O) groups is 1. The zero-order valence-electron chi connectivity index (χ0n) is 22.5. The highest BCUT2D eigenvalue weighted by Crippen LogP contribution is 2.36. The number of carbonyl (C=O) groups excluding carboxylic acids is 1. The van der Waals surface area contributed by atoms with Gasteiger partial charge in [-0.05, 0) is 99.8 Å². The predicted octanol–water partition coefficient (Wildman–Crippen LogP) is 5.77. The number of aromatic nitrogens is 1. The molecule has 0 N–H and O–H groups in total. The van der Waals surface area contributed by atoms with Crippen molar-refractivity contribution in [1.29, 1.82) is 5.26 Å². The lowest BCUT2D eigenvalue weighted by molar-refractivity contribution is -0.138.